The van der Waals surface area contributed by atoms with Crippen LogP contribution in [0.25, 0.3) is 22.3 Å². The average molecular weight is 440 g/mol. The molecule has 32 heavy (non-hydrogen) atoms. The van der Waals surface area contributed by atoms with Gasteiger partial charge in [0, 0.05) is 47.9 Å². The van der Waals surface area contributed by atoms with Gasteiger partial charge in [0.2, 0.25) is 0 Å². The van der Waals surface area contributed by atoms with E-state index in [2.05, 4.69) is 0 Å². The SMILES string of the molecule is COc1cc(OC)c2c(=O)cc(-c3cccc([N+](=O)[O-])c3)oc2c1[C@H]1CCN(C)C[C@H]1O. The normalized spacial score (nSPS) is 19.1. The van der Waals surface area contributed by atoms with E-state index in [0.717, 1.165) is 6.54 Å². The Bertz CT molecular complexity index is 1240. The minimum absolute atomic E-state index is 0.112. The van der Waals surface area contributed by atoms with Crippen LogP contribution in [0.1, 0.15) is 17.9 Å². The number of aliphatic hydroxyl groups excluding tert-OH is 1. The van der Waals surface area contributed by atoms with Crippen molar-refractivity contribution in [3.63, 3.8) is 0 Å². The van der Waals surface area contributed by atoms with Gasteiger partial charge in [0.1, 0.15) is 28.2 Å². The number of benzene rings is 2. The predicted molar refractivity (Wildman–Crippen MR) is 119 cm³/mol. The number of hydrogen-bond donors (Lipinski definition) is 1. The molecule has 0 radical (unpaired) electrons. The minimum atomic E-state index is -0.689. The van der Waals surface area contributed by atoms with Crippen LogP contribution in [-0.4, -0.2) is 55.4 Å². The van der Waals surface area contributed by atoms with Gasteiger partial charge in [-0.05, 0) is 20.0 Å². The van der Waals surface area contributed by atoms with Gasteiger partial charge in [0.25, 0.3) is 5.69 Å². The molecule has 2 heterocycles. The largest absolute Gasteiger partial charge is 0.496 e. The molecule has 1 N–H and O–H groups in total. The fourth-order valence-corrected chi connectivity index (χ4v) is 4.32. The molecule has 1 aliphatic rings. The number of likely N-dealkylation sites (tertiary alicyclic amines) is 1. The number of β-amino-alcohol motifs (C(OH)–C–C–N with tert-alkyl or cyclic N) is 1. The molecule has 2 aromatic carbocycles. The Morgan fingerprint density at radius 1 is 1.19 bits per heavy atom. The van der Waals surface area contributed by atoms with Gasteiger partial charge < -0.3 is 23.9 Å². The molecule has 2 atom stereocenters. The number of aliphatic hydroxyl groups is 1. The van der Waals surface area contributed by atoms with Gasteiger partial charge in [0.05, 0.1) is 25.2 Å². The Labute approximate surface area is 183 Å². The van der Waals surface area contributed by atoms with Crippen LogP contribution in [0, 0.1) is 10.1 Å². The molecule has 0 unspecified atom stereocenters. The highest BCUT2D eigenvalue weighted by Crippen LogP contribution is 2.43. The number of nitro groups is 1. The number of nitrogens with zero attached hydrogens (tertiary/aromatic N) is 2. The van der Waals surface area contributed by atoms with Crippen molar-refractivity contribution < 1.29 is 23.9 Å². The third-order valence-corrected chi connectivity index (χ3v) is 5.90. The predicted octanol–water partition coefficient (Wildman–Crippen LogP) is 3.17. The van der Waals surface area contributed by atoms with Gasteiger partial charge in [-0.2, -0.15) is 0 Å². The van der Waals surface area contributed by atoms with E-state index in [1.165, 1.54) is 38.5 Å². The lowest BCUT2D eigenvalue weighted by molar-refractivity contribution is -0.384. The first-order valence-corrected chi connectivity index (χ1v) is 10.2. The van der Waals surface area contributed by atoms with Gasteiger partial charge in [-0.3, -0.25) is 14.9 Å². The Morgan fingerprint density at radius 3 is 2.59 bits per heavy atom. The second kappa shape index (κ2) is 8.60. The number of likely N-dealkylation sites (N-methyl/N-ethyl adjacent to an activating group) is 1. The maximum absolute atomic E-state index is 13.2. The average Bonchev–Trinajstić information content (AvgIpc) is 2.78. The second-order valence-corrected chi connectivity index (χ2v) is 7.91. The lowest BCUT2D eigenvalue weighted by Gasteiger charge is -2.34. The number of fused-ring (bicyclic) bond motifs is 1. The number of rotatable bonds is 5. The Kier molecular flexibility index (Phi) is 5.86. The molecule has 9 nitrogen and oxygen atoms in total. The molecule has 1 saturated heterocycles. The number of methoxy groups -OCH3 is 2. The Hall–Kier alpha value is -3.43. The van der Waals surface area contributed by atoms with Gasteiger partial charge in [-0.15, -0.1) is 0 Å². The molecular weight excluding hydrogens is 416 g/mol. The van der Waals surface area contributed by atoms with Crippen LogP contribution in [0.15, 0.2) is 45.6 Å². The molecule has 0 spiro atoms. The molecule has 1 aliphatic heterocycles. The third-order valence-electron chi connectivity index (χ3n) is 5.90. The fraction of sp³-hybridized carbons (Fsp3) is 0.348. The van der Waals surface area contributed by atoms with Crippen LogP contribution in [0.5, 0.6) is 11.5 Å². The molecule has 4 rings (SSSR count). The van der Waals surface area contributed by atoms with Crippen LogP contribution < -0.4 is 14.9 Å². The van der Waals surface area contributed by atoms with E-state index in [-0.39, 0.29) is 33.8 Å². The summed E-state index contributed by atoms with van der Waals surface area (Å²) in [4.78, 5) is 25.9. The van der Waals surface area contributed by atoms with E-state index in [9.17, 15) is 20.0 Å². The molecular formula is C23H24N2O7. The maximum Gasteiger partial charge on any atom is 0.270 e. The number of piperidine rings is 1. The zero-order valence-electron chi connectivity index (χ0n) is 18.0. The van der Waals surface area contributed by atoms with Crippen molar-refractivity contribution in [1.29, 1.82) is 0 Å². The Balaban J connectivity index is 2.01. The van der Waals surface area contributed by atoms with E-state index in [0.29, 0.717) is 35.6 Å². The molecule has 3 aromatic rings. The van der Waals surface area contributed by atoms with Crippen LogP contribution in [0.2, 0.25) is 0 Å². The van der Waals surface area contributed by atoms with Crippen molar-refractivity contribution in [2.45, 2.75) is 18.4 Å². The van der Waals surface area contributed by atoms with E-state index < -0.39 is 11.0 Å². The highest BCUT2D eigenvalue weighted by molar-refractivity contribution is 5.90. The fourth-order valence-electron chi connectivity index (χ4n) is 4.32. The highest BCUT2D eigenvalue weighted by atomic mass is 16.6. The van der Waals surface area contributed by atoms with Crippen molar-refractivity contribution in [3.8, 4) is 22.8 Å². The number of nitro benzene ring substituents is 1. The van der Waals surface area contributed by atoms with Crippen LogP contribution in [-0.2, 0) is 0 Å². The lowest BCUT2D eigenvalue weighted by atomic mass is 9.85. The summed E-state index contributed by atoms with van der Waals surface area (Å²) in [5.74, 6) is 0.605. The summed E-state index contributed by atoms with van der Waals surface area (Å²) in [6, 6.07) is 8.82. The van der Waals surface area contributed by atoms with Gasteiger partial charge in [0.15, 0.2) is 5.43 Å². The van der Waals surface area contributed by atoms with Crippen LogP contribution >= 0.6 is 0 Å². The lowest BCUT2D eigenvalue weighted by Crippen LogP contribution is -2.40. The van der Waals surface area contributed by atoms with E-state index in [1.54, 1.807) is 12.1 Å². The molecule has 1 aromatic heterocycles. The monoisotopic (exact) mass is 440 g/mol. The van der Waals surface area contributed by atoms with Crippen molar-refractivity contribution in [2.24, 2.45) is 0 Å². The molecule has 0 bridgehead atoms. The molecule has 0 aliphatic carbocycles. The van der Waals surface area contributed by atoms with E-state index in [4.69, 9.17) is 13.9 Å². The third kappa shape index (κ3) is 3.80. The van der Waals surface area contributed by atoms with Gasteiger partial charge >= 0.3 is 0 Å². The summed E-state index contributed by atoms with van der Waals surface area (Å²) in [5.41, 5.74) is 0.780. The first-order valence-electron chi connectivity index (χ1n) is 10.2. The summed E-state index contributed by atoms with van der Waals surface area (Å²) >= 11 is 0. The van der Waals surface area contributed by atoms with E-state index in [1.807, 2.05) is 11.9 Å². The topological polar surface area (TPSA) is 115 Å². The summed E-state index contributed by atoms with van der Waals surface area (Å²) in [7, 11) is 4.89. The summed E-state index contributed by atoms with van der Waals surface area (Å²) in [5, 5.41) is 22.3. The molecule has 1 fully saturated rings. The number of non-ortho nitro benzene ring substituents is 1. The summed E-state index contributed by atoms with van der Waals surface area (Å²) in [6.07, 6.45) is -0.0498. The van der Waals surface area contributed by atoms with E-state index >= 15 is 0 Å². The quantitative estimate of drug-likeness (QED) is 0.475. The second-order valence-electron chi connectivity index (χ2n) is 7.91. The maximum atomic E-state index is 13.2. The zero-order chi connectivity index (χ0) is 23.0. The van der Waals surface area contributed by atoms with Crippen molar-refractivity contribution in [2.75, 3.05) is 34.4 Å². The van der Waals surface area contributed by atoms with Crippen molar-refractivity contribution in [1.82, 2.24) is 4.90 Å². The van der Waals surface area contributed by atoms with Crippen LogP contribution in [0.3, 0.4) is 0 Å². The number of ether oxygens (including phenoxy) is 2. The van der Waals surface area contributed by atoms with Gasteiger partial charge in [-0.25, -0.2) is 0 Å². The highest BCUT2D eigenvalue weighted by Gasteiger charge is 2.33. The smallest absolute Gasteiger partial charge is 0.270 e. The summed E-state index contributed by atoms with van der Waals surface area (Å²) < 4.78 is 17.2. The summed E-state index contributed by atoms with van der Waals surface area (Å²) in [6.45, 7) is 1.23. The van der Waals surface area contributed by atoms with Crippen molar-refractivity contribution >= 4 is 16.7 Å². The Morgan fingerprint density at radius 2 is 1.94 bits per heavy atom. The first kappa shape index (κ1) is 21.8. The minimum Gasteiger partial charge on any atom is -0.496 e. The zero-order valence-corrected chi connectivity index (χ0v) is 18.0. The molecule has 9 heteroatoms. The molecule has 0 saturated carbocycles. The van der Waals surface area contributed by atoms with Crippen molar-refractivity contribution in [3.05, 3.63) is 62.3 Å². The standard InChI is InChI=1S/C23H24N2O7/c1-24-8-7-15(17(27)12-24)21-19(30-2)11-20(31-3)22-16(26)10-18(32-23(21)22)13-5-4-6-14(9-13)25(28)29/h4-6,9-11,15,17,27H,7-8,12H2,1-3H3/t15-,17+/m0/s1. The first-order chi connectivity index (χ1) is 15.3. The van der Waals surface area contributed by atoms with Crippen LogP contribution in [0.4, 0.5) is 5.69 Å². The molecule has 0 amide bonds. The molecule has 168 valence electrons. The van der Waals surface area contributed by atoms with Gasteiger partial charge in [-0.1, -0.05) is 12.1 Å². The number of hydrogen-bond acceptors (Lipinski definition) is 8.